The molecule has 1 aromatic rings. The van der Waals surface area contributed by atoms with Gasteiger partial charge in [-0.15, -0.1) is 0 Å². The summed E-state index contributed by atoms with van der Waals surface area (Å²) < 4.78 is 31.3. The number of hydrogen-bond acceptors (Lipinski definition) is 5. The standard InChI is InChI=1S/C17H25ClN2O5S/c1-4-7-10-19-16(21)12-25-17(22)14-11-13(8-9-15(14)18)26(23,24)20(5-2)6-3/h8-9,11H,4-7,10,12H2,1-3H3,(H,19,21). The maximum atomic E-state index is 12.6. The van der Waals surface area contributed by atoms with E-state index in [4.69, 9.17) is 16.3 Å². The number of carbonyl (C=O) groups is 2. The number of esters is 1. The van der Waals surface area contributed by atoms with E-state index in [9.17, 15) is 18.0 Å². The molecule has 0 saturated heterocycles. The Hall–Kier alpha value is -1.64. The number of rotatable bonds is 10. The number of sulfonamides is 1. The van der Waals surface area contributed by atoms with E-state index in [0.717, 1.165) is 12.8 Å². The van der Waals surface area contributed by atoms with Crippen LogP contribution in [0.4, 0.5) is 0 Å². The van der Waals surface area contributed by atoms with Crippen molar-refractivity contribution in [2.24, 2.45) is 0 Å². The van der Waals surface area contributed by atoms with Crippen molar-refractivity contribution in [3.8, 4) is 0 Å². The first kappa shape index (κ1) is 22.4. The number of nitrogens with one attached hydrogen (secondary N) is 1. The Labute approximate surface area is 159 Å². The molecule has 0 aliphatic carbocycles. The Morgan fingerprint density at radius 1 is 1.19 bits per heavy atom. The minimum absolute atomic E-state index is 0.0510. The molecule has 1 rings (SSSR count). The fourth-order valence-electron chi connectivity index (χ4n) is 2.20. The van der Waals surface area contributed by atoms with E-state index < -0.39 is 28.5 Å². The SMILES string of the molecule is CCCCNC(=O)COC(=O)c1cc(S(=O)(=O)N(CC)CC)ccc1Cl. The lowest BCUT2D eigenvalue weighted by atomic mass is 10.2. The van der Waals surface area contributed by atoms with Gasteiger partial charge in [0.2, 0.25) is 10.0 Å². The number of ether oxygens (including phenoxy) is 1. The van der Waals surface area contributed by atoms with E-state index in [0.29, 0.717) is 19.6 Å². The van der Waals surface area contributed by atoms with E-state index >= 15 is 0 Å². The number of halogens is 1. The molecular formula is C17H25ClN2O5S. The van der Waals surface area contributed by atoms with Crippen molar-refractivity contribution in [3.05, 3.63) is 28.8 Å². The summed E-state index contributed by atoms with van der Waals surface area (Å²) in [5.41, 5.74) is -0.0961. The average molecular weight is 405 g/mol. The Balaban J connectivity index is 2.90. The van der Waals surface area contributed by atoms with Crippen LogP contribution in [0, 0.1) is 0 Å². The third-order valence-corrected chi connectivity index (χ3v) is 6.06. The largest absolute Gasteiger partial charge is 0.452 e. The summed E-state index contributed by atoms with van der Waals surface area (Å²) >= 11 is 6.00. The predicted molar refractivity (Wildman–Crippen MR) is 99.8 cm³/mol. The first-order valence-corrected chi connectivity index (χ1v) is 10.3. The highest BCUT2D eigenvalue weighted by atomic mass is 35.5. The van der Waals surface area contributed by atoms with Crippen molar-refractivity contribution in [2.45, 2.75) is 38.5 Å². The molecule has 0 aromatic heterocycles. The van der Waals surface area contributed by atoms with Crippen molar-refractivity contribution in [3.63, 3.8) is 0 Å². The topological polar surface area (TPSA) is 92.8 Å². The summed E-state index contributed by atoms with van der Waals surface area (Å²) in [6, 6.07) is 3.84. The van der Waals surface area contributed by atoms with Crippen LogP contribution in [0.15, 0.2) is 23.1 Å². The second-order valence-electron chi connectivity index (χ2n) is 5.51. The summed E-state index contributed by atoms with van der Waals surface area (Å²) in [6.45, 7) is 6.11. The zero-order valence-corrected chi connectivity index (χ0v) is 16.8. The van der Waals surface area contributed by atoms with Gasteiger partial charge >= 0.3 is 5.97 Å². The quantitative estimate of drug-likeness (QED) is 0.477. The van der Waals surface area contributed by atoms with Crippen LogP contribution in [0.5, 0.6) is 0 Å². The van der Waals surface area contributed by atoms with Gasteiger partial charge in [0.15, 0.2) is 6.61 Å². The number of nitrogens with zero attached hydrogens (tertiary/aromatic N) is 1. The summed E-state index contributed by atoms with van der Waals surface area (Å²) in [7, 11) is -3.73. The van der Waals surface area contributed by atoms with Crippen LogP contribution >= 0.6 is 11.6 Å². The predicted octanol–water partition coefficient (Wildman–Crippen LogP) is 2.44. The molecule has 146 valence electrons. The van der Waals surface area contributed by atoms with Crippen LogP contribution in [-0.4, -0.2) is 50.8 Å². The van der Waals surface area contributed by atoms with Gasteiger partial charge in [0.05, 0.1) is 15.5 Å². The number of amides is 1. The van der Waals surface area contributed by atoms with Crippen molar-refractivity contribution in [1.82, 2.24) is 9.62 Å². The Bertz CT molecular complexity index is 733. The number of hydrogen-bond donors (Lipinski definition) is 1. The number of benzene rings is 1. The normalized spacial score (nSPS) is 11.4. The van der Waals surface area contributed by atoms with Gasteiger partial charge in [-0.2, -0.15) is 4.31 Å². The number of unbranched alkanes of at least 4 members (excludes halogenated alkanes) is 1. The lowest BCUT2D eigenvalue weighted by molar-refractivity contribution is -0.124. The molecule has 0 fully saturated rings. The molecule has 0 spiro atoms. The summed E-state index contributed by atoms with van der Waals surface area (Å²) in [5.74, 6) is -1.27. The van der Waals surface area contributed by atoms with E-state index in [1.807, 2.05) is 6.92 Å². The summed E-state index contributed by atoms with van der Waals surface area (Å²) in [4.78, 5) is 23.7. The summed E-state index contributed by atoms with van der Waals surface area (Å²) in [5, 5.41) is 2.67. The summed E-state index contributed by atoms with van der Waals surface area (Å²) in [6.07, 6.45) is 1.76. The van der Waals surface area contributed by atoms with Gasteiger partial charge < -0.3 is 10.1 Å². The highest BCUT2D eigenvalue weighted by Crippen LogP contribution is 2.23. The van der Waals surface area contributed by atoms with Crippen molar-refractivity contribution >= 4 is 33.5 Å². The van der Waals surface area contributed by atoms with Gasteiger partial charge in [-0.05, 0) is 24.6 Å². The van der Waals surface area contributed by atoms with E-state index in [1.54, 1.807) is 13.8 Å². The van der Waals surface area contributed by atoms with E-state index in [1.165, 1.54) is 22.5 Å². The molecule has 0 aliphatic heterocycles. The van der Waals surface area contributed by atoms with Crippen molar-refractivity contribution in [2.75, 3.05) is 26.2 Å². The maximum absolute atomic E-state index is 12.6. The van der Waals surface area contributed by atoms with Gasteiger partial charge in [-0.25, -0.2) is 13.2 Å². The van der Waals surface area contributed by atoms with Crippen LogP contribution in [0.3, 0.4) is 0 Å². The maximum Gasteiger partial charge on any atom is 0.340 e. The van der Waals surface area contributed by atoms with Crippen LogP contribution in [0.1, 0.15) is 44.0 Å². The minimum Gasteiger partial charge on any atom is -0.452 e. The second kappa shape index (κ2) is 10.5. The third kappa shape index (κ3) is 5.96. The molecule has 9 heteroatoms. The van der Waals surface area contributed by atoms with E-state index in [-0.39, 0.29) is 15.5 Å². The monoisotopic (exact) mass is 404 g/mol. The smallest absolute Gasteiger partial charge is 0.340 e. The molecule has 7 nitrogen and oxygen atoms in total. The molecule has 1 aromatic carbocycles. The fraction of sp³-hybridized carbons (Fsp3) is 0.529. The Morgan fingerprint density at radius 3 is 2.42 bits per heavy atom. The lowest BCUT2D eigenvalue weighted by Gasteiger charge is -2.19. The highest BCUT2D eigenvalue weighted by Gasteiger charge is 2.24. The molecule has 0 atom stereocenters. The van der Waals surface area contributed by atoms with Crippen molar-refractivity contribution in [1.29, 1.82) is 0 Å². The first-order valence-electron chi connectivity index (χ1n) is 8.51. The van der Waals surface area contributed by atoms with Gasteiger partial charge in [0.1, 0.15) is 0 Å². The molecule has 1 amide bonds. The van der Waals surface area contributed by atoms with Gasteiger partial charge in [-0.1, -0.05) is 38.8 Å². The van der Waals surface area contributed by atoms with Crippen LogP contribution in [0.2, 0.25) is 5.02 Å². The second-order valence-corrected chi connectivity index (χ2v) is 7.86. The molecule has 0 bridgehead atoms. The molecular weight excluding hydrogens is 380 g/mol. The van der Waals surface area contributed by atoms with Gasteiger partial charge in [0, 0.05) is 19.6 Å². The average Bonchev–Trinajstić information content (AvgIpc) is 2.61. The Kier molecular flexibility index (Phi) is 9.04. The minimum atomic E-state index is -3.73. The molecule has 0 saturated carbocycles. The highest BCUT2D eigenvalue weighted by molar-refractivity contribution is 7.89. The fourth-order valence-corrected chi connectivity index (χ4v) is 3.88. The van der Waals surface area contributed by atoms with Gasteiger partial charge in [-0.3, -0.25) is 4.79 Å². The van der Waals surface area contributed by atoms with Crippen LogP contribution in [-0.2, 0) is 19.6 Å². The molecule has 1 N–H and O–H groups in total. The number of carbonyl (C=O) groups excluding carboxylic acids is 2. The van der Waals surface area contributed by atoms with Crippen molar-refractivity contribution < 1.29 is 22.7 Å². The lowest BCUT2D eigenvalue weighted by Crippen LogP contribution is -2.31. The van der Waals surface area contributed by atoms with Crippen LogP contribution < -0.4 is 5.32 Å². The molecule has 26 heavy (non-hydrogen) atoms. The Morgan fingerprint density at radius 2 is 1.85 bits per heavy atom. The third-order valence-electron chi connectivity index (χ3n) is 3.69. The van der Waals surface area contributed by atoms with Gasteiger partial charge in [0.25, 0.3) is 5.91 Å². The molecule has 0 unspecified atom stereocenters. The molecule has 0 heterocycles. The zero-order chi connectivity index (χ0) is 19.7. The zero-order valence-electron chi connectivity index (χ0n) is 15.2. The van der Waals surface area contributed by atoms with E-state index in [2.05, 4.69) is 5.32 Å². The molecule has 0 aliphatic rings. The first-order chi connectivity index (χ1) is 12.3. The van der Waals surface area contributed by atoms with Crippen LogP contribution in [0.25, 0.3) is 0 Å². The molecule has 0 radical (unpaired) electrons.